The lowest BCUT2D eigenvalue weighted by molar-refractivity contribution is 0.0451. The number of esters is 3. The number of anilines is 1. The largest absolute Gasteiger partial charge is 0.465 e. The molecule has 0 unspecified atom stereocenters. The number of carbonyl (C=O) groups excluding carboxylic acids is 3. The Morgan fingerprint density at radius 2 is 1.69 bits per heavy atom. The van der Waals surface area contributed by atoms with Crippen LogP contribution in [0.2, 0.25) is 0 Å². The van der Waals surface area contributed by atoms with E-state index >= 15 is 0 Å². The van der Waals surface area contributed by atoms with Crippen LogP contribution in [0.25, 0.3) is 0 Å². The van der Waals surface area contributed by atoms with Crippen molar-refractivity contribution in [1.29, 1.82) is 0 Å². The lowest BCUT2D eigenvalue weighted by atomic mass is 10.0. The van der Waals surface area contributed by atoms with Gasteiger partial charge in [0.1, 0.15) is 22.0 Å². The second-order valence-corrected chi connectivity index (χ2v) is 6.51. The summed E-state index contributed by atoms with van der Waals surface area (Å²) in [6.45, 7) is 3.39. The maximum Gasteiger partial charge on any atom is 0.348 e. The van der Waals surface area contributed by atoms with Gasteiger partial charge in [-0.3, -0.25) is 0 Å². The first-order valence-electron chi connectivity index (χ1n) is 7.62. The van der Waals surface area contributed by atoms with E-state index in [1.165, 1.54) is 14.2 Å². The molecule has 2 aromatic rings. The molecular formula is C18H19NO6S. The summed E-state index contributed by atoms with van der Waals surface area (Å²) in [7, 11) is 2.41. The van der Waals surface area contributed by atoms with E-state index in [2.05, 4.69) is 0 Å². The van der Waals surface area contributed by atoms with Gasteiger partial charge in [-0.15, -0.1) is 11.3 Å². The van der Waals surface area contributed by atoms with Crippen LogP contribution < -0.4 is 5.73 Å². The molecule has 2 N–H and O–H groups in total. The molecule has 138 valence electrons. The molecule has 0 saturated heterocycles. The Labute approximate surface area is 154 Å². The van der Waals surface area contributed by atoms with Crippen molar-refractivity contribution in [3.05, 3.63) is 50.9 Å². The highest BCUT2D eigenvalue weighted by molar-refractivity contribution is 7.18. The van der Waals surface area contributed by atoms with Crippen LogP contribution in [0.3, 0.4) is 0 Å². The molecule has 1 aromatic heterocycles. The minimum absolute atomic E-state index is 0.00617. The molecular weight excluding hydrogens is 358 g/mol. The number of thiophene rings is 1. The molecule has 2 rings (SSSR count). The lowest BCUT2D eigenvalue weighted by Gasteiger charge is -2.10. The number of nitrogen functional groups attached to an aromatic ring is 1. The first-order chi connectivity index (χ1) is 12.3. The molecule has 0 radical (unpaired) electrons. The molecule has 0 saturated carbocycles. The Kier molecular flexibility index (Phi) is 5.99. The average molecular weight is 377 g/mol. The fourth-order valence-corrected chi connectivity index (χ4v) is 3.37. The number of hydrogen-bond donors (Lipinski definition) is 1. The van der Waals surface area contributed by atoms with E-state index in [4.69, 9.17) is 19.9 Å². The number of methoxy groups -OCH3 is 2. The highest BCUT2D eigenvalue weighted by Crippen LogP contribution is 2.33. The smallest absolute Gasteiger partial charge is 0.348 e. The van der Waals surface area contributed by atoms with Gasteiger partial charge >= 0.3 is 17.9 Å². The molecule has 1 heterocycles. The molecule has 0 atom stereocenters. The van der Waals surface area contributed by atoms with Gasteiger partial charge in [-0.2, -0.15) is 0 Å². The highest BCUT2D eigenvalue weighted by Gasteiger charge is 2.28. The Morgan fingerprint density at radius 3 is 2.31 bits per heavy atom. The van der Waals surface area contributed by atoms with Gasteiger partial charge in [0.2, 0.25) is 0 Å². The van der Waals surface area contributed by atoms with Crippen LogP contribution in [0, 0.1) is 13.8 Å². The predicted octanol–water partition coefficient (Wildman–Crippen LogP) is 2.88. The molecule has 0 aliphatic carbocycles. The van der Waals surface area contributed by atoms with Crippen LogP contribution in [0.1, 0.15) is 47.1 Å². The monoisotopic (exact) mass is 377 g/mol. The SMILES string of the molecule is COC(=O)c1sc(N)c(C(=O)OC)c1COC(=O)c1cccc(C)c1C. The van der Waals surface area contributed by atoms with Crippen LogP contribution in [0.15, 0.2) is 18.2 Å². The van der Waals surface area contributed by atoms with Gasteiger partial charge in [0.15, 0.2) is 0 Å². The molecule has 0 amide bonds. The first kappa shape index (κ1) is 19.5. The summed E-state index contributed by atoms with van der Waals surface area (Å²) < 4.78 is 14.7. The van der Waals surface area contributed by atoms with Gasteiger partial charge in [0, 0.05) is 5.56 Å². The number of nitrogens with two attached hydrogens (primary N) is 1. The Hall–Kier alpha value is -2.87. The first-order valence-corrected chi connectivity index (χ1v) is 8.44. The highest BCUT2D eigenvalue weighted by atomic mass is 32.1. The van der Waals surface area contributed by atoms with E-state index in [9.17, 15) is 14.4 Å². The van der Waals surface area contributed by atoms with Gasteiger partial charge in [-0.25, -0.2) is 14.4 Å². The summed E-state index contributed by atoms with van der Waals surface area (Å²) in [6, 6.07) is 5.28. The van der Waals surface area contributed by atoms with Crippen molar-refractivity contribution in [2.24, 2.45) is 0 Å². The molecule has 26 heavy (non-hydrogen) atoms. The van der Waals surface area contributed by atoms with Crippen LogP contribution >= 0.6 is 11.3 Å². The van der Waals surface area contributed by atoms with Gasteiger partial charge in [0.05, 0.1) is 19.8 Å². The zero-order chi connectivity index (χ0) is 19.4. The van der Waals surface area contributed by atoms with Crippen molar-refractivity contribution in [3.8, 4) is 0 Å². The van der Waals surface area contributed by atoms with Crippen molar-refractivity contribution in [1.82, 2.24) is 0 Å². The summed E-state index contributed by atoms with van der Waals surface area (Å²) in [5.74, 6) is -1.95. The summed E-state index contributed by atoms with van der Waals surface area (Å²) in [5.41, 5.74) is 8.17. The third-order valence-electron chi connectivity index (χ3n) is 3.97. The minimum Gasteiger partial charge on any atom is -0.465 e. The maximum atomic E-state index is 12.4. The molecule has 8 heteroatoms. The van der Waals surface area contributed by atoms with Crippen molar-refractivity contribution < 1.29 is 28.6 Å². The fourth-order valence-electron chi connectivity index (χ4n) is 2.39. The molecule has 0 bridgehead atoms. The van der Waals surface area contributed by atoms with Crippen molar-refractivity contribution >= 4 is 34.2 Å². The van der Waals surface area contributed by atoms with E-state index in [-0.39, 0.29) is 27.6 Å². The predicted molar refractivity (Wildman–Crippen MR) is 96.4 cm³/mol. The van der Waals surface area contributed by atoms with Crippen LogP contribution in [-0.4, -0.2) is 32.1 Å². The van der Waals surface area contributed by atoms with Crippen molar-refractivity contribution in [2.75, 3.05) is 20.0 Å². The van der Waals surface area contributed by atoms with E-state index in [0.717, 1.165) is 22.5 Å². The summed E-state index contributed by atoms with van der Waals surface area (Å²) >= 11 is 0.882. The number of carbonyl (C=O) groups is 3. The Bertz CT molecular complexity index is 871. The molecule has 1 aromatic carbocycles. The third-order valence-corrected chi connectivity index (χ3v) is 5.01. The van der Waals surface area contributed by atoms with Gasteiger partial charge in [0.25, 0.3) is 0 Å². The molecule has 0 spiro atoms. The van der Waals surface area contributed by atoms with Gasteiger partial charge in [-0.1, -0.05) is 12.1 Å². The maximum absolute atomic E-state index is 12.4. The number of hydrogen-bond acceptors (Lipinski definition) is 8. The van der Waals surface area contributed by atoms with E-state index in [0.29, 0.717) is 5.56 Å². The average Bonchev–Trinajstić information content (AvgIpc) is 2.96. The van der Waals surface area contributed by atoms with Crippen molar-refractivity contribution in [3.63, 3.8) is 0 Å². The summed E-state index contributed by atoms with van der Waals surface area (Å²) in [5, 5.41) is 0.0926. The number of benzene rings is 1. The number of rotatable bonds is 5. The minimum atomic E-state index is -0.716. The summed E-state index contributed by atoms with van der Waals surface area (Å²) in [6.07, 6.45) is 0. The van der Waals surface area contributed by atoms with E-state index < -0.39 is 17.9 Å². The quantitative estimate of drug-likeness (QED) is 0.631. The Morgan fingerprint density at radius 1 is 1.04 bits per heavy atom. The third kappa shape index (κ3) is 3.70. The second-order valence-electron chi connectivity index (χ2n) is 5.46. The fraction of sp³-hybridized carbons (Fsp3) is 0.278. The van der Waals surface area contributed by atoms with Crippen molar-refractivity contribution in [2.45, 2.75) is 20.5 Å². The summed E-state index contributed by atoms with van der Waals surface area (Å²) in [4.78, 5) is 36.5. The van der Waals surface area contributed by atoms with Crippen LogP contribution in [-0.2, 0) is 20.8 Å². The normalized spacial score (nSPS) is 10.3. The Balaban J connectivity index is 2.36. The number of ether oxygens (including phenoxy) is 3. The second kappa shape index (κ2) is 8.01. The van der Waals surface area contributed by atoms with Crippen LogP contribution in [0.4, 0.5) is 5.00 Å². The topological polar surface area (TPSA) is 105 Å². The zero-order valence-electron chi connectivity index (χ0n) is 14.9. The van der Waals surface area contributed by atoms with E-state index in [1.54, 1.807) is 12.1 Å². The van der Waals surface area contributed by atoms with E-state index in [1.807, 2.05) is 19.9 Å². The van der Waals surface area contributed by atoms with Gasteiger partial charge in [-0.05, 0) is 31.0 Å². The molecule has 0 fully saturated rings. The number of aryl methyl sites for hydroxylation is 1. The molecule has 7 nitrogen and oxygen atoms in total. The van der Waals surface area contributed by atoms with Gasteiger partial charge < -0.3 is 19.9 Å². The lowest BCUT2D eigenvalue weighted by Crippen LogP contribution is -2.13. The van der Waals surface area contributed by atoms with Crippen LogP contribution in [0.5, 0.6) is 0 Å². The molecule has 0 aliphatic rings. The zero-order valence-corrected chi connectivity index (χ0v) is 15.7. The standard InChI is InChI=1S/C18H19NO6S/c1-9-6-5-7-11(10(9)2)16(20)25-8-12-13(17(21)23-3)15(19)26-14(12)18(22)24-4/h5-7H,8,19H2,1-4H3. The molecule has 0 aliphatic heterocycles.